The van der Waals surface area contributed by atoms with Gasteiger partial charge in [-0.1, -0.05) is 12.1 Å². The number of benzene rings is 1. The van der Waals surface area contributed by atoms with E-state index in [2.05, 4.69) is 5.32 Å². The second kappa shape index (κ2) is 7.72. The number of carbonyl (C=O) groups is 3. The van der Waals surface area contributed by atoms with Crippen LogP contribution in [0.3, 0.4) is 0 Å². The number of nitrogens with two attached hydrogens (primary N) is 1. The van der Waals surface area contributed by atoms with E-state index in [0.29, 0.717) is 5.56 Å². The molecule has 2 saturated heterocycles. The van der Waals surface area contributed by atoms with Crippen molar-refractivity contribution in [2.75, 3.05) is 0 Å². The van der Waals surface area contributed by atoms with Crippen molar-refractivity contribution in [2.45, 2.75) is 42.1 Å². The van der Waals surface area contributed by atoms with E-state index in [1.54, 1.807) is 13.8 Å². The molecule has 0 unspecified atom stereocenters. The van der Waals surface area contributed by atoms with E-state index in [-0.39, 0.29) is 16.7 Å². The lowest BCUT2D eigenvalue weighted by Gasteiger charge is -2.43. The molecule has 0 aromatic heterocycles. The summed E-state index contributed by atoms with van der Waals surface area (Å²) in [5.74, 6) is -1.94. The van der Waals surface area contributed by atoms with Gasteiger partial charge in [0.2, 0.25) is 11.8 Å². The molecular formula is C16H23N3O7S. The number of phenols is 1. The van der Waals surface area contributed by atoms with Crippen LogP contribution in [0, 0.1) is 0 Å². The van der Waals surface area contributed by atoms with Gasteiger partial charge in [-0.15, -0.1) is 11.8 Å². The number of nitrogens with one attached hydrogen (secondary N) is 1. The summed E-state index contributed by atoms with van der Waals surface area (Å²) in [7, 11) is 0. The van der Waals surface area contributed by atoms with Crippen molar-refractivity contribution >= 4 is 29.5 Å². The molecule has 4 atom stereocenters. The zero-order valence-electron chi connectivity index (χ0n) is 14.7. The van der Waals surface area contributed by atoms with Gasteiger partial charge in [0.05, 0.1) is 0 Å². The molecule has 150 valence electrons. The van der Waals surface area contributed by atoms with Crippen LogP contribution >= 0.6 is 11.8 Å². The van der Waals surface area contributed by atoms with E-state index < -0.39 is 46.0 Å². The molecule has 0 spiro atoms. The summed E-state index contributed by atoms with van der Waals surface area (Å²) in [5, 5.41) is 20.9. The third kappa shape index (κ3) is 3.72. The summed E-state index contributed by atoms with van der Waals surface area (Å²) in [5.41, 5.74) is 6.41. The molecule has 0 saturated carbocycles. The molecule has 0 aliphatic carbocycles. The number of β-lactam (4-membered cyclic amide) rings is 1. The summed E-state index contributed by atoms with van der Waals surface area (Å²) < 4.78 is -0.648. The standard InChI is InChI=1S/C16H19N3O5S.2H2O/c1-16(2)11(15(23)24)19-13(22)10(14(19)25-16)18-12(21)9(17)7-3-5-8(20)6-4-7;;/h3-6,9-11,14,20H,17H2,1-2H3,(H,18,21)(H,23,24);2*1H2/t9-,10+,11-,14+;;/m0../s1. The van der Waals surface area contributed by atoms with E-state index in [1.807, 2.05) is 0 Å². The zero-order chi connectivity index (χ0) is 18.5. The van der Waals surface area contributed by atoms with Crippen LogP contribution in [0.15, 0.2) is 24.3 Å². The molecular weight excluding hydrogens is 378 g/mol. The van der Waals surface area contributed by atoms with Gasteiger partial charge < -0.3 is 37.1 Å². The molecule has 3 rings (SSSR count). The van der Waals surface area contributed by atoms with E-state index in [4.69, 9.17) is 5.73 Å². The first-order chi connectivity index (χ1) is 11.6. The smallest absolute Gasteiger partial charge is 0.327 e. The van der Waals surface area contributed by atoms with Crippen LogP contribution in [0.2, 0.25) is 0 Å². The van der Waals surface area contributed by atoms with Gasteiger partial charge >= 0.3 is 5.97 Å². The summed E-state index contributed by atoms with van der Waals surface area (Å²) in [6, 6.07) is 3.21. The van der Waals surface area contributed by atoms with E-state index in [1.165, 1.54) is 40.9 Å². The largest absolute Gasteiger partial charge is 0.508 e. The SMILES string of the molecule is CC1(C)S[C@@H]2[C@H](NC(=O)[C@@H](N)c3ccc(O)cc3)C(=O)N2[C@H]1C(=O)O.O.O. The molecule has 2 aliphatic heterocycles. The Balaban J connectivity index is 0.00000182. The van der Waals surface area contributed by atoms with E-state index in [0.717, 1.165) is 0 Å². The van der Waals surface area contributed by atoms with Crippen LogP contribution in [0.4, 0.5) is 0 Å². The van der Waals surface area contributed by atoms with Gasteiger partial charge in [-0.25, -0.2) is 4.79 Å². The molecule has 9 N–H and O–H groups in total. The summed E-state index contributed by atoms with van der Waals surface area (Å²) in [4.78, 5) is 37.5. The van der Waals surface area contributed by atoms with Crippen LogP contribution < -0.4 is 11.1 Å². The minimum absolute atomic E-state index is 0. The lowest BCUT2D eigenvalue weighted by Crippen LogP contribution is -2.71. The first kappa shape index (κ1) is 22.7. The molecule has 11 heteroatoms. The Kier molecular flexibility index (Phi) is 6.49. The monoisotopic (exact) mass is 401 g/mol. The van der Waals surface area contributed by atoms with Crippen molar-refractivity contribution in [3.8, 4) is 5.75 Å². The molecule has 2 heterocycles. The number of hydrogen-bond donors (Lipinski definition) is 4. The molecule has 0 bridgehead atoms. The van der Waals surface area contributed by atoms with Gasteiger partial charge in [0.1, 0.15) is 29.2 Å². The second-order valence-electron chi connectivity index (χ2n) is 6.65. The topological polar surface area (TPSA) is 196 Å². The number of carboxylic acid groups (broad SMARTS) is 1. The molecule has 2 fully saturated rings. The molecule has 27 heavy (non-hydrogen) atoms. The maximum absolute atomic E-state index is 12.3. The normalized spacial score (nSPS) is 26.0. The number of rotatable bonds is 4. The number of phenolic OH excluding ortho intramolecular Hbond substituents is 1. The lowest BCUT2D eigenvalue weighted by atomic mass is 9.95. The molecule has 0 radical (unpaired) electrons. The molecule has 2 aliphatic rings. The molecule has 1 aromatic carbocycles. The Labute approximate surface area is 159 Å². The van der Waals surface area contributed by atoms with Crippen LogP contribution in [0.1, 0.15) is 25.5 Å². The summed E-state index contributed by atoms with van der Waals surface area (Å²) in [6.07, 6.45) is 0. The van der Waals surface area contributed by atoms with Gasteiger partial charge in [0, 0.05) is 4.75 Å². The highest BCUT2D eigenvalue weighted by atomic mass is 32.2. The number of amides is 2. The van der Waals surface area contributed by atoms with Crippen molar-refractivity contribution in [3.63, 3.8) is 0 Å². The first-order valence-electron chi connectivity index (χ1n) is 7.71. The zero-order valence-corrected chi connectivity index (χ0v) is 15.5. The number of carbonyl (C=O) groups excluding carboxylic acids is 2. The number of fused-ring (bicyclic) bond motifs is 1. The van der Waals surface area contributed by atoms with Gasteiger partial charge in [-0.05, 0) is 31.5 Å². The van der Waals surface area contributed by atoms with Crippen molar-refractivity contribution in [1.29, 1.82) is 0 Å². The Morgan fingerprint density at radius 3 is 2.33 bits per heavy atom. The minimum Gasteiger partial charge on any atom is -0.508 e. The van der Waals surface area contributed by atoms with Crippen LogP contribution in [-0.2, 0) is 14.4 Å². The van der Waals surface area contributed by atoms with Gasteiger partial charge in [0.25, 0.3) is 0 Å². The third-order valence-corrected chi connectivity index (χ3v) is 6.08. The Morgan fingerprint density at radius 1 is 1.26 bits per heavy atom. The van der Waals surface area contributed by atoms with Gasteiger partial charge in [-0.3, -0.25) is 9.59 Å². The second-order valence-corrected chi connectivity index (χ2v) is 8.42. The molecule has 2 amide bonds. The maximum atomic E-state index is 12.3. The van der Waals surface area contributed by atoms with Crippen molar-refractivity contribution in [3.05, 3.63) is 29.8 Å². The average molecular weight is 401 g/mol. The van der Waals surface area contributed by atoms with Gasteiger partial charge in [-0.2, -0.15) is 0 Å². The minimum atomic E-state index is -1.06. The lowest BCUT2D eigenvalue weighted by molar-refractivity contribution is -0.161. The fourth-order valence-corrected chi connectivity index (χ4v) is 4.85. The number of hydrogen-bond acceptors (Lipinski definition) is 6. The van der Waals surface area contributed by atoms with Crippen molar-refractivity contribution in [2.24, 2.45) is 5.73 Å². The van der Waals surface area contributed by atoms with Crippen molar-refractivity contribution in [1.82, 2.24) is 10.2 Å². The highest BCUT2D eigenvalue weighted by molar-refractivity contribution is 8.01. The average Bonchev–Trinajstić information content (AvgIpc) is 2.80. The van der Waals surface area contributed by atoms with Gasteiger partial charge in [0.15, 0.2) is 0 Å². The quantitative estimate of drug-likeness (QED) is 0.434. The molecule has 10 nitrogen and oxygen atoms in total. The van der Waals surface area contributed by atoms with Crippen LogP contribution in [-0.4, -0.2) is 66.1 Å². The maximum Gasteiger partial charge on any atom is 0.327 e. The van der Waals surface area contributed by atoms with E-state index >= 15 is 0 Å². The summed E-state index contributed by atoms with van der Waals surface area (Å²) in [6.45, 7) is 3.53. The predicted molar refractivity (Wildman–Crippen MR) is 97.9 cm³/mol. The van der Waals surface area contributed by atoms with Crippen molar-refractivity contribution < 1.29 is 35.5 Å². The Hall–Kier alpha value is -2.34. The number of aliphatic carboxylic acids is 1. The number of carboxylic acids is 1. The Morgan fingerprint density at radius 2 is 1.81 bits per heavy atom. The highest BCUT2D eigenvalue weighted by Gasteiger charge is 2.64. The van der Waals surface area contributed by atoms with Crippen LogP contribution in [0.5, 0.6) is 5.75 Å². The fraction of sp³-hybridized carbons (Fsp3) is 0.438. The first-order valence-corrected chi connectivity index (χ1v) is 8.59. The number of thioether (sulfide) groups is 1. The third-order valence-electron chi connectivity index (χ3n) is 4.51. The summed E-state index contributed by atoms with van der Waals surface area (Å²) >= 11 is 1.35. The highest BCUT2D eigenvalue weighted by Crippen LogP contribution is 2.50. The fourth-order valence-electron chi connectivity index (χ4n) is 3.22. The van der Waals surface area contributed by atoms with Crippen LogP contribution in [0.25, 0.3) is 0 Å². The Bertz CT molecular complexity index is 740. The molecule has 1 aromatic rings. The predicted octanol–water partition coefficient (Wildman–Crippen LogP) is -1.63. The number of nitrogens with zero attached hydrogens (tertiary/aromatic N) is 1. The number of aromatic hydroxyl groups is 1. The van der Waals surface area contributed by atoms with E-state index in [9.17, 15) is 24.6 Å².